The van der Waals surface area contributed by atoms with Crippen molar-refractivity contribution in [3.05, 3.63) is 50.3 Å². The van der Waals surface area contributed by atoms with Crippen LogP contribution in [0.15, 0.2) is 38.1 Å². The van der Waals surface area contributed by atoms with Crippen LogP contribution in [0.3, 0.4) is 0 Å². The number of aromatic amines is 1. The van der Waals surface area contributed by atoms with Gasteiger partial charge in [0.1, 0.15) is 11.1 Å². The second kappa shape index (κ2) is 6.92. The third-order valence-corrected chi connectivity index (χ3v) is 7.70. The number of nitrogens with zero attached hydrogens (tertiary/aromatic N) is 2. The lowest BCUT2D eigenvalue weighted by Crippen LogP contribution is -2.13. The molecule has 1 aliphatic rings. The van der Waals surface area contributed by atoms with Crippen LogP contribution < -0.4 is 5.56 Å². The monoisotopic (exact) mass is 415 g/mol. The van der Waals surface area contributed by atoms with Crippen molar-refractivity contribution in [2.24, 2.45) is 5.92 Å². The maximum atomic E-state index is 12.7. The molecule has 1 N–H and O–H groups in total. The molecule has 4 aromatic heterocycles. The third kappa shape index (κ3) is 3.26. The molecular weight excluding hydrogens is 398 g/mol. The standard InChI is InChI=1S/C19H17N3O2S3/c1-10-4-5-12-14(7-10)27-18-15(12)16(23)21-19(22-18)26-9-11-8-24-17(20-11)13-3-2-6-25-13/h2-3,6,8,10H,4-5,7,9H2,1H3,(H,21,22,23)/t10-/m0/s1. The summed E-state index contributed by atoms with van der Waals surface area (Å²) >= 11 is 4.76. The average Bonchev–Trinajstić information content (AvgIpc) is 3.38. The van der Waals surface area contributed by atoms with Crippen molar-refractivity contribution in [2.75, 3.05) is 0 Å². The summed E-state index contributed by atoms with van der Waals surface area (Å²) in [6.45, 7) is 2.27. The number of thioether (sulfide) groups is 1. The Morgan fingerprint density at radius 3 is 3.19 bits per heavy atom. The van der Waals surface area contributed by atoms with Gasteiger partial charge in [-0.2, -0.15) is 0 Å². The Kier molecular flexibility index (Phi) is 4.41. The van der Waals surface area contributed by atoms with E-state index in [0.717, 1.165) is 40.1 Å². The van der Waals surface area contributed by atoms with Crippen LogP contribution in [-0.4, -0.2) is 15.0 Å². The van der Waals surface area contributed by atoms with Crippen molar-refractivity contribution >= 4 is 44.7 Å². The molecule has 4 heterocycles. The van der Waals surface area contributed by atoms with Crippen molar-refractivity contribution in [2.45, 2.75) is 37.1 Å². The van der Waals surface area contributed by atoms with Gasteiger partial charge in [0, 0.05) is 10.6 Å². The zero-order chi connectivity index (χ0) is 18.4. The van der Waals surface area contributed by atoms with E-state index in [1.165, 1.54) is 22.2 Å². The zero-order valence-corrected chi connectivity index (χ0v) is 17.1. The van der Waals surface area contributed by atoms with E-state index in [4.69, 9.17) is 9.40 Å². The summed E-state index contributed by atoms with van der Waals surface area (Å²) in [7, 11) is 0. The SMILES string of the molecule is C[C@H]1CCc2c(sc3nc(SCc4coc(-c5cccs5)n4)[nH]c(=O)c23)C1. The van der Waals surface area contributed by atoms with Gasteiger partial charge >= 0.3 is 0 Å². The Bertz CT molecular complexity index is 1160. The van der Waals surface area contributed by atoms with Crippen LogP contribution in [-0.2, 0) is 18.6 Å². The number of hydrogen-bond donors (Lipinski definition) is 1. The first kappa shape index (κ1) is 17.2. The van der Waals surface area contributed by atoms with E-state index in [2.05, 4.69) is 16.9 Å². The molecule has 0 saturated heterocycles. The lowest BCUT2D eigenvalue weighted by atomic mass is 9.89. The lowest BCUT2D eigenvalue weighted by Gasteiger charge is -2.17. The number of nitrogens with one attached hydrogen (secondary N) is 1. The summed E-state index contributed by atoms with van der Waals surface area (Å²) in [6.07, 6.45) is 4.86. The molecule has 1 atom stereocenters. The number of aryl methyl sites for hydroxylation is 1. The van der Waals surface area contributed by atoms with Crippen molar-refractivity contribution in [3.63, 3.8) is 0 Å². The second-order valence-corrected chi connectivity index (χ2v) is 9.81. The van der Waals surface area contributed by atoms with Crippen LogP contribution in [0.1, 0.15) is 29.5 Å². The number of thiophene rings is 2. The summed E-state index contributed by atoms with van der Waals surface area (Å²) in [5.41, 5.74) is 2.04. The van der Waals surface area contributed by atoms with E-state index >= 15 is 0 Å². The van der Waals surface area contributed by atoms with Crippen molar-refractivity contribution in [1.29, 1.82) is 0 Å². The van der Waals surface area contributed by atoms with Gasteiger partial charge in [0.25, 0.3) is 5.56 Å². The number of oxazole rings is 1. The molecule has 0 bridgehead atoms. The van der Waals surface area contributed by atoms with Gasteiger partial charge in [-0.15, -0.1) is 22.7 Å². The topological polar surface area (TPSA) is 71.8 Å². The fourth-order valence-electron chi connectivity index (χ4n) is 3.43. The highest BCUT2D eigenvalue weighted by molar-refractivity contribution is 7.98. The minimum Gasteiger partial charge on any atom is -0.444 e. The van der Waals surface area contributed by atoms with Crippen LogP contribution >= 0.6 is 34.4 Å². The van der Waals surface area contributed by atoms with Gasteiger partial charge in [0.2, 0.25) is 5.89 Å². The Hall–Kier alpha value is -1.90. The first-order valence-electron chi connectivity index (χ1n) is 8.83. The molecule has 0 saturated carbocycles. The van der Waals surface area contributed by atoms with E-state index in [9.17, 15) is 4.79 Å². The van der Waals surface area contributed by atoms with Crippen LogP contribution in [0.4, 0.5) is 0 Å². The van der Waals surface area contributed by atoms with Crippen LogP contribution in [0, 0.1) is 5.92 Å². The Morgan fingerprint density at radius 2 is 2.33 bits per heavy atom. The van der Waals surface area contributed by atoms with Crippen molar-refractivity contribution in [3.8, 4) is 10.8 Å². The summed E-state index contributed by atoms with van der Waals surface area (Å²) < 4.78 is 5.55. The van der Waals surface area contributed by atoms with Crippen LogP contribution in [0.25, 0.3) is 21.0 Å². The molecule has 0 aliphatic heterocycles. The van der Waals surface area contributed by atoms with Gasteiger partial charge in [-0.25, -0.2) is 9.97 Å². The molecule has 27 heavy (non-hydrogen) atoms. The van der Waals surface area contributed by atoms with E-state index in [1.54, 1.807) is 28.9 Å². The molecule has 4 aromatic rings. The van der Waals surface area contributed by atoms with Gasteiger partial charge in [-0.05, 0) is 42.2 Å². The van der Waals surface area contributed by atoms with E-state index < -0.39 is 0 Å². The molecule has 8 heteroatoms. The number of rotatable bonds is 4. The highest BCUT2D eigenvalue weighted by Gasteiger charge is 2.23. The minimum absolute atomic E-state index is 0.0195. The average molecular weight is 416 g/mol. The number of H-pyrrole nitrogens is 1. The quantitative estimate of drug-likeness (QED) is 0.370. The molecular formula is C19H17N3O2S3. The Labute approximate surface area is 167 Å². The molecule has 0 amide bonds. The first-order chi connectivity index (χ1) is 13.2. The molecule has 0 fully saturated rings. The second-order valence-electron chi connectivity index (χ2n) is 6.81. The van der Waals surface area contributed by atoms with Gasteiger partial charge in [0.15, 0.2) is 5.16 Å². The number of aromatic nitrogens is 3. The van der Waals surface area contributed by atoms with Gasteiger partial charge < -0.3 is 9.40 Å². The van der Waals surface area contributed by atoms with E-state index in [0.29, 0.717) is 22.7 Å². The Morgan fingerprint density at radius 1 is 1.41 bits per heavy atom. The molecule has 0 spiro atoms. The number of fused-ring (bicyclic) bond motifs is 3. The molecule has 0 radical (unpaired) electrons. The highest BCUT2D eigenvalue weighted by atomic mass is 32.2. The Balaban J connectivity index is 1.39. The predicted octanol–water partition coefficient (Wildman–Crippen LogP) is 5.12. The minimum atomic E-state index is -0.0195. The highest BCUT2D eigenvalue weighted by Crippen LogP contribution is 2.36. The normalized spacial score (nSPS) is 16.7. The van der Waals surface area contributed by atoms with Crippen molar-refractivity contribution in [1.82, 2.24) is 15.0 Å². The molecule has 138 valence electrons. The number of hydrogen-bond acceptors (Lipinski definition) is 7. The summed E-state index contributed by atoms with van der Waals surface area (Å²) in [4.78, 5) is 28.0. The van der Waals surface area contributed by atoms with E-state index in [-0.39, 0.29) is 5.56 Å². The first-order valence-corrected chi connectivity index (χ1v) is 11.5. The lowest BCUT2D eigenvalue weighted by molar-refractivity contribution is 0.509. The van der Waals surface area contributed by atoms with Crippen molar-refractivity contribution < 1.29 is 4.42 Å². The van der Waals surface area contributed by atoms with Gasteiger partial charge in [-0.1, -0.05) is 24.8 Å². The predicted molar refractivity (Wildman–Crippen MR) is 111 cm³/mol. The fraction of sp³-hybridized carbons (Fsp3) is 0.316. The molecule has 5 rings (SSSR count). The summed E-state index contributed by atoms with van der Waals surface area (Å²) in [5, 5.41) is 3.44. The summed E-state index contributed by atoms with van der Waals surface area (Å²) in [5.74, 6) is 1.92. The maximum Gasteiger partial charge on any atom is 0.260 e. The van der Waals surface area contributed by atoms with Gasteiger partial charge in [0.05, 0.1) is 16.0 Å². The molecule has 5 nitrogen and oxygen atoms in total. The van der Waals surface area contributed by atoms with Crippen LogP contribution in [0.2, 0.25) is 0 Å². The molecule has 0 unspecified atom stereocenters. The van der Waals surface area contributed by atoms with Gasteiger partial charge in [-0.3, -0.25) is 4.79 Å². The molecule has 1 aliphatic carbocycles. The fourth-order valence-corrected chi connectivity index (χ4v) is 6.26. The molecule has 0 aromatic carbocycles. The zero-order valence-electron chi connectivity index (χ0n) is 14.7. The summed E-state index contributed by atoms with van der Waals surface area (Å²) in [6, 6.07) is 3.96. The maximum absolute atomic E-state index is 12.7. The third-order valence-electron chi connectivity index (χ3n) is 4.78. The van der Waals surface area contributed by atoms with E-state index in [1.807, 2.05) is 17.5 Å². The van der Waals surface area contributed by atoms with Crippen LogP contribution in [0.5, 0.6) is 0 Å². The largest absolute Gasteiger partial charge is 0.444 e. The smallest absolute Gasteiger partial charge is 0.260 e.